The monoisotopic (exact) mass is 868 g/mol. The number of phenolic OH excluding ortho intramolecular Hbond substituents is 3. The van der Waals surface area contributed by atoms with Crippen LogP contribution in [-0.2, 0) is 11.8 Å². The fourth-order valence-corrected chi connectivity index (χ4v) is 5.64. The van der Waals surface area contributed by atoms with Crippen molar-refractivity contribution in [1.82, 2.24) is 34.8 Å². The number of hydrogen-bond acceptors (Lipinski definition) is 12. The summed E-state index contributed by atoms with van der Waals surface area (Å²) < 4.78 is 3.15. The first-order valence-electron chi connectivity index (χ1n) is 19.6. The van der Waals surface area contributed by atoms with E-state index >= 15 is 0 Å². The number of nitrogens with zero attached hydrogens (tertiary/aromatic N) is 7. The molecule has 1 atom stereocenters. The minimum atomic E-state index is -0.995. The summed E-state index contributed by atoms with van der Waals surface area (Å²) in [7, 11) is 3.38. The number of aryl methyl sites for hydroxylation is 2. The number of aromatic nitrogens is 6. The summed E-state index contributed by atoms with van der Waals surface area (Å²) in [4.78, 5) is 42.8. The second-order valence-electron chi connectivity index (χ2n) is 13.5. The number of carbonyl (C=O) groups is 3. The molecule has 64 heavy (non-hydrogen) atoms. The number of aromatic carboxylic acids is 2. The number of hydrogen-bond donors (Lipinski definition) is 7. The molecule has 330 valence electrons. The summed E-state index contributed by atoms with van der Waals surface area (Å²) in [6.07, 6.45) is 8.53. The molecule has 17 nitrogen and oxygen atoms in total. The summed E-state index contributed by atoms with van der Waals surface area (Å²) in [5.41, 5.74) is 3.85. The zero-order chi connectivity index (χ0) is 46.4. The lowest BCUT2D eigenvalue weighted by Crippen LogP contribution is -2.29. The lowest BCUT2D eigenvalue weighted by Gasteiger charge is -2.02. The zero-order valence-corrected chi connectivity index (χ0v) is 35.2. The Hall–Kier alpha value is -8.44. The van der Waals surface area contributed by atoms with Crippen molar-refractivity contribution < 1.29 is 45.0 Å². The summed E-state index contributed by atoms with van der Waals surface area (Å²) in [5.74, 6) is -1.95. The molecule has 8 aromatic rings. The third-order valence-electron chi connectivity index (χ3n) is 8.96. The van der Waals surface area contributed by atoms with Crippen LogP contribution in [-0.4, -0.2) is 104 Å². The highest BCUT2D eigenvalue weighted by Crippen LogP contribution is 2.21. The van der Waals surface area contributed by atoms with Crippen LogP contribution in [0.4, 0.5) is 0 Å². The van der Waals surface area contributed by atoms with Crippen LogP contribution >= 0.6 is 0 Å². The third-order valence-corrected chi connectivity index (χ3v) is 8.96. The van der Waals surface area contributed by atoms with E-state index in [2.05, 4.69) is 30.5 Å². The standard InChI is InChI=1S/C10H7NO2.C9H8N2O.C9H7NO.C8H9NO.C6H8N2O2.C5H9NO2/c12-10(13)9-6-5-7-3-1-2-4-8(7)11-9;12-9-5-2-1-4-8(9)11-7-3-6-10-11;11-8-5-1-3-7-4-2-6-10-9(7)8;1-9-6-7-4-2-3-5-8(7)10;1-4-3-5(6(9)10)7-8(4)2;7-5(8)4-2-1-3-6-4/h1-6H,(H,12,13);1-7,12H;1-6,11H;2-6,10H,1H3;3H,1-2H3,(H,9,10);4,6H,1-3H2,(H,7,8)/t;;;;;4-/m.....0/s1. The van der Waals surface area contributed by atoms with Crippen molar-refractivity contribution in [2.45, 2.75) is 25.8 Å². The molecule has 1 fully saturated rings. The van der Waals surface area contributed by atoms with Gasteiger partial charge in [0, 0.05) is 60.9 Å². The van der Waals surface area contributed by atoms with Crippen LogP contribution in [0.2, 0.25) is 0 Å². The fourth-order valence-electron chi connectivity index (χ4n) is 5.64. The molecule has 1 aliphatic rings. The van der Waals surface area contributed by atoms with Crippen molar-refractivity contribution in [2.75, 3.05) is 13.6 Å². The number of aromatic hydroxyl groups is 3. The molecule has 0 amide bonds. The van der Waals surface area contributed by atoms with Gasteiger partial charge in [-0.25, -0.2) is 19.3 Å². The minimum Gasteiger partial charge on any atom is -0.507 e. The summed E-state index contributed by atoms with van der Waals surface area (Å²) in [6, 6.07) is 37.0. The number of aliphatic imine (C=N–C) groups is 1. The molecular formula is C47H48N8O9. The lowest BCUT2D eigenvalue weighted by molar-refractivity contribution is -0.139. The lowest BCUT2D eigenvalue weighted by atomic mass is 10.2. The van der Waals surface area contributed by atoms with Crippen LogP contribution in [0.15, 0.2) is 151 Å². The van der Waals surface area contributed by atoms with E-state index in [1.54, 1.807) is 99.0 Å². The number of phenols is 3. The molecule has 0 aliphatic carbocycles. The number of carboxylic acid groups (broad SMARTS) is 3. The highest BCUT2D eigenvalue weighted by Gasteiger charge is 2.20. The van der Waals surface area contributed by atoms with Crippen molar-refractivity contribution in [3.05, 3.63) is 169 Å². The number of benzene rings is 4. The van der Waals surface area contributed by atoms with Crippen molar-refractivity contribution in [1.29, 1.82) is 0 Å². The van der Waals surface area contributed by atoms with Gasteiger partial charge in [0.25, 0.3) is 0 Å². The Labute approximate surface area is 367 Å². The van der Waals surface area contributed by atoms with Crippen molar-refractivity contribution in [3.8, 4) is 22.9 Å². The second-order valence-corrected chi connectivity index (χ2v) is 13.5. The Morgan fingerprint density at radius 2 is 1.39 bits per heavy atom. The van der Waals surface area contributed by atoms with Crippen LogP contribution in [0.25, 0.3) is 27.5 Å². The van der Waals surface area contributed by atoms with Gasteiger partial charge in [0.1, 0.15) is 40.2 Å². The van der Waals surface area contributed by atoms with Crippen LogP contribution in [0.1, 0.15) is 45.1 Å². The van der Waals surface area contributed by atoms with Crippen molar-refractivity contribution in [3.63, 3.8) is 0 Å². The van der Waals surface area contributed by atoms with Gasteiger partial charge in [-0.1, -0.05) is 66.7 Å². The van der Waals surface area contributed by atoms with Gasteiger partial charge < -0.3 is 36.0 Å². The highest BCUT2D eigenvalue weighted by atomic mass is 16.4. The number of rotatable bonds is 5. The van der Waals surface area contributed by atoms with Crippen molar-refractivity contribution >= 4 is 45.9 Å². The maximum Gasteiger partial charge on any atom is 0.356 e. The highest BCUT2D eigenvalue weighted by molar-refractivity contribution is 5.89. The van der Waals surface area contributed by atoms with Gasteiger partial charge in [-0.05, 0) is 87.0 Å². The van der Waals surface area contributed by atoms with Gasteiger partial charge in [-0.2, -0.15) is 10.2 Å². The first-order valence-corrected chi connectivity index (χ1v) is 19.6. The maximum absolute atomic E-state index is 10.6. The molecule has 4 aromatic heterocycles. The topological polar surface area (TPSA) is 258 Å². The van der Waals surface area contributed by atoms with Gasteiger partial charge >= 0.3 is 17.9 Å². The molecule has 0 unspecified atom stereocenters. The largest absolute Gasteiger partial charge is 0.507 e. The molecule has 1 aliphatic heterocycles. The van der Waals surface area contributed by atoms with E-state index < -0.39 is 17.9 Å². The average Bonchev–Trinajstić information content (AvgIpc) is 4.11. The van der Waals surface area contributed by atoms with Crippen LogP contribution < -0.4 is 5.32 Å². The van der Waals surface area contributed by atoms with Crippen molar-refractivity contribution in [2.24, 2.45) is 12.0 Å². The molecule has 7 N–H and O–H groups in total. The molecule has 17 heteroatoms. The SMILES string of the molecule is CN=Cc1ccccc1O.Cc1cc(C(=O)O)nn1C.O=C(O)[C@@H]1CCCN1.O=C(O)c1ccc2ccccc2n1.Oc1cccc2cccnc12.Oc1ccccc1-n1cccn1. The van der Waals surface area contributed by atoms with E-state index in [0.717, 1.165) is 41.4 Å². The Kier molecular flexibility index (Phi) is 18.6. The van der Waals surface area contributed by atoms with Gasteiger partial charge in [0.15, 0.2) is 5.69 Å². The van der Waals surface area contributed by atoms with E-state index in [0.29, 0.717) is 16.7 Å². The number of fused-ring (bicyclic) bond motifs is 2. The quantitative estimate of drug-likeness (QED) is 0.0849. The van der Waals surface area contributed by atoms with Crippen LogP contribution in [0.5, 0.6) is 17.2 Å². The fraction of sp³-hybridized carbons (Fsp3) is 0.149. The predicted molar refractivity (Wildman–Crippen MR) is 243 cm³/mol. The molecular weight excluding hydrogens is 821 g/mol. The van der Waals surface area contributed by atoms with E-state index in [1.807, 2.05) is 66.7 Å². The number of carboxylic acids is 3. The zero-order valence-electron chi connectivity index (χ0n) is 35.2. The molecule has 0 saturated carbocycles. The number of pyridine rings is 2. The van der Waals surface area contributed by atoms with Gasteiger partial charge in [-0.3, -0.25) is 19.5 Å². The maximum atomic E-state index is 10.6. The van der Waals surface area contributed by atoms with Gasteiger partial charge in [-0.15, -0.1) is 0 Å². The Morgan fingerprint density at radius 1 is 0.734 bits per heavy atom. The molecule has 0 radical (unpaired) electrons. The Bertz CT molecular complexity index is 2740. The number of para-hydroxylation sites is 5. The first-order chi connectivity index (χ1) is 30.8. The smallest absolute Gasteiger partial charge is 0.356 e. The van der Waals surface area contributed by atoms with E-state index in [9.17, 15) is 24.6 Å². The van der Waals surface area contributed by atoms with Crippen LogP contribution in [0.3, 0.4) is 0 Å². The molecule has 0 bridgehead atoms. The summed E-state index contributed by atoms with van der Waals surface area (Å²) in [5, 5.41) is 65.9. The second kappa shape index (κ2) is 24.7. The predicted octanol–water partition coefficient (Wildman–Crippen LogP) is 7.14. The minimum absolute atomic E-state index is 0.0821. The average molecular weight is 869 g/mol. The molecule has 1 saturated heterocycles. The van der Waals surface area contributed by atoms with E-state index in [-0.39, 0.29) is 34.7 Å². The summed E-state index contributed by atoms with van der Waals surface area (Å²) >= 11 is 0. The van der Waals surface area contributed by atoms with E-state index in [1.165, 1.54) is 16.8 Å². The third kappa shape index (κ3) is 14.9. The van der Waals surface area contributed by atoms with Gasteiger partial charge in [0.2, 0.25) is 0 Å². The molecule has 5 heterocycles. The normalized spacial score (nSPS) is 12.4. The van der Waals surface area contributed by atoms with E-state index in [4.69, 9.17) is 20.4 Å². The number of nitrogens with one attached hydrogen (secondary N) is 1. The molecule has 0 spiro atoms. The van der Waals surface area contributed by atoms with Crippen LogP contribution in [0, 0.1) is 6.92 Å². The molecule has 4 aromatic carbocycles. The molecule has 9 rings (SSSR count). The van der Waals surface area contributed by atoms with Gasteiger partial charge in [0.05, 0.1) is 5.52 Å². The Morgan fingerprint density at radius 3 is 1.95 bits per heavy atom. The summed E-state index contributed by atoms with van der Waals surface area (Å²) in [6.45, 7) is 2.66. The number of aliphatic carboxylic acids is 1. The Balaban J connectivity index is 0.000000169. The first kappa shape index (κ1) is 48.2.